The number of carboxylic acids is 1. The lowest BCUT2D eigenvalue weighted by Gasteiger charge is -2.03. The Hall–Kier alpha value is -1.23. The molecule has 15 heavy (non-hydrogen) atoms. The number of aliphatic carboxylic acids is 1. The van der Waals surface area contributed by atoms with E-state index in [-0.39, 0.29) is 6.61 Å². The van der Waals surface area contributed by atoms with E-state index >= 15 is 0 Å². The van der Waals surface area contributed by atoms with Crippen molar-refractivity contribution in [1.82, 2.24) is 4.98 Å². The number of thioether (sulfide) groups is 1. The Morgan fingerprint density at radius 3 is 2.93 bits per heavy atom. The lowest BCUT2D eigenvalue weighted by atomic mass is 10.5. The molecular weight excluding hydrogens is 214 g/mol. The Morgan fingerprint density at radius 2 is 2.40 bits per heavy atom. The van der Waals surface area contributed by atoms with Crippen molar-refractivity contribution in [3.05, 3.63) is 18.3 Å². The van der Waals surface area contributed by atoms with Gasteiger partial charge in [0.1, 0.15) is 5.75 Å². The molecule has 0 amide bonds. The number of ether oxygens (including phenoxy) is 1. The van der Waals surface area contributed by atoms with Gasteiger partial charge in [-0.25, -0.2) is 9.78 Å². The first-order chi connectivity index (χ1) is 7.22. The number of rotatable bonds is 6. The molecule has 0 aliphatic heterocycles. The Bertz CT molecular complexity index is 313. The van der Waals surface area contributed by atoms with Crippen LogP contribution < -0.4 is 4.74 Å². The van der Waals surface area contributed by atoms with Gasteiger partial charge in [0.15, 0.2) is 6.61 Å². The molecule has 0 radical (unpaired) electrons. The SMILES string of the molecule is CCCSc1ccc(OCC(=O)O)cn1. The van der Waals surface area contributed by atoms with E-state index in [1.165, 1.54) is 0 Å². The number of aromatic nitrogens is 1. The summed E-state index contributed by atoms with van der Waals surface area (Å²) in [6.07, 6.45) is 2.64. The van der Waals surface area contributed by atoms with Gasteiger partial charge < -0.3 is 9.84 Å². The smallest absolute Gasteiger partial charge is 0.341 e. The van der Waals surface area contributed by atoms with Crippen molar-refractivity contribution < 1.29 is 14.6 Å². The van der Waals surface area contributed by atoms with Crippen molar-refractivity contribution >= 4 is 17.7 Å². The van der Waals surface area contributed by atoms with Crippen molar-refractivity contribution in [2.75, 3.05) is 12.4 Å². The highest BCUT2D eigenvalue weighted by Crippen LogP contribution is 2.18. The maximum Gasteiger partial charge on any atom is 0.341 e. The average Bonchev–Trinajstić information content (AvgIpc) is 2.25. The van der Waals surface area contributed by atoms with Gasteiger partial charge >= 0.3 is 5.97 Å². The van der Waals surface area contributed by atoms with Crippen LogP contribution >= 0.6 is 11.8 Å². The minimum Gasteiger partial charge on any atom is -0.480 e. The van der Waals surface area contributed by atoms with Gasteiger partial charge in [-0.15, -0.1) is 11.8 Å². The fourth-order valence-electron chi connectivity index (χ4n) is 0.889. The summed E-state index contributed by atoms with van der Waals surface area (Å²) in [5, 5.41) is 9.33. The van der Waals surface area contributed by atoms with Crippen LogP contribution in [0.3, 0.4) is 0 Å². The minimum atomic E-state index is -0.987. The van der Waals surface area contributed by atoms with E-state index < -0.39 is 5.97 Å². The molecule has 0 aromatic carbocycles. The van der Waals surface area contributed by atoms with Gasteiger partial charge in [-0.1, -0.05) is 6.92 Å². The first-order valence-electron chi connectivity index (χ1n) is 4.66. The predicted molar refractivity (Wildman–Crippen MR) is 58.4 cm³/mol. The van der Waals surface area contributed by atoms with Crippen molar-refractivity contribution in [3.8, 4) is 5.75 Å². The Morgan fingerprint density at radius 1 is 1.60 bits per heavy atom. The summed E-state index contributed by atoms with van der Waals surface area (Å²) in [4.78, 5) is 14.4. The van der Waals surface area contributed by atoms with Crippen molar-refractivity contribution in [2.45, 2.75) is 18.4 Å². The number of carbonyl (C=O) groups is 1. The summed E-state index contributed by atoms with van der Waals surface area (Å²) in [5.74, 6) is 0.528. The van der Waals surface area contributed by atoms with Crippen molar-refractivity contribution in [3.63, 3.8) is 0 Å². The third-order valence-corrected chi connectivity index (χ3v) is 2.68. The van der Waals surface area contributed by atoms with Crippen LogP contribution in [0.5, 0.6) is 5.75 Å². The molecule has 4 nitrogen and oxygen atoms in total. The number of nitrogens with zero attached hydrogens (tertiary/aromatic N) is 1. The van der Waals surface area contributed by atoms with Crippen LogP contribution in [0.1, 0.15) is 13.3 Å². The molecule has 1 heterocycles. The fourth-order valence-corrected chi connectivity index (χ4v) is 1.59. The normalized spacial score (nSPS) is 9.93. The Kier molecular flexibility index (Phi) is 4.97. The summed E-state index contributed by atoms with van der Waals surface area (Å²) in [5.41, 5.74) is 0. The van der Waals surface area contributed by atoms with Gasteiger partial charge in [-0.2, -0.15) is 0 Å². The molecule has 82 valence electrons. The maximum absolute atomic E-state index is 10.2. The van der Waals surface area contributed by atoms with Crippen LogP contribution in [0.4, 0.5) is 0 Å². The molecule has 1 N–H and O–H groups in total. The second-order valence-electron chi connectivity index (χ2n) is 2.86. The van der Waals surface area contributed by atoms with E-state index in [0.29, 0.717) is 5.75 Å². The van der Waals surface area contributed by atoms with Gasteiger partial charge in [-0.05, 0) is 24.3 Å². The molecule has 0 saturated carbocycles. The second kappa shape index (κ2) is 6.29. The summed E-state index contributed by atoms with van der Waals surface area (Å²) in [6, 6.07) is 3.56. The quantitative estimate of drug-likeness (QED) is 0.754. The van der Waals surface area contributed by atoms with Crippen molar-refractivity contribution in [2.24, 2.45) is 0 Å². The van der Waals surface area contributed by atoms with Gasteiger partial charge in [0.25, 0.3) is 0 Å². The van der Waals surface area contributed by atoms with Gasteiger partial charge in [0, 0.05) is 0 Å². The molecule has 0 unspecified atom stereocenters. The summed E-state index contributed by atoms with van der Waals surface area (Å²) in [6.45, 7) is 1.78. The standard InChI is InChI=1S/C10H13NO3S/c1-2-5-15-9-4-3-8(6-11-9)14-7-10(12)13/h3-4,6H,2,5,7H2,1H3,(H,12,13). The van der Waals surface area contributed by atoms with E-state index in [4.69, 9.17) is 9.84 Å². The molecule has 0 atom stereocenters. The Balaban J connectivity index is 2.45. The topological polar surface area (TPSA) is 59.4 Å². The third kappa shape index (κ3) is 4.69. The van der Waals surface area contributed by atoms with E-state index in [9.17, 15) is 4.79 Å². The van der Waals surface area contributed by atoms with Crippen LogP contribution in [0.2, 0.25) is 0 Å². The van der Waals surface area contributed by atoms with E-state index in [1.807, 2.05) is 6.07 Å². The molecule has 0 aliphatic rings. The zero-order valence-electron chi connectivity index (χ0n) is 8.47. The van der Waals surface area contributed by atoms with Crippen LogP contribution in [-0.2, 0) is 4.79 Å². The van der Waals surface area contributed by atoms with Crippen LogP contribution in [0, 0.1) is 0 Å². The first-order valence-corrected chi connectivity index (χ1v) is 5.64. The lowest BCUT2D eigenvalue weighted by molar-refractivity contribution is -0.139. The van der Waals surface area contributed by atoms with Gasteiger partial charge in [0.2, 0.25) is 0 Å². The molecule has 0 fully saturated rings. The monoisotopic (exact) mass is 227 g/mol. The molecule has 1 aromatic rings. The maximum atomic E-state index is 10.2. The third-order valence-electron chi connectivity index (χ3n) is 1.53. The molecule has 0 saturated heterocycles. The van der Waals surface area contributed by atoms with Gasteiger partial charge in [-0.3, -0.25) is 0 Å². The number of hydrogen-bond donors (Lipinski definition) is 1. The molecule has 0 bridgehead atoms. The molecule has 5 heteroatoms. The number of carboxylic acid groups (broad SMARTS) is 1. The fraction of sp³-hybridized carbons (Fsp3) is 0.400. The number of pyridine rings is 1. The largest absolute Gasteiger partial charge is 0.480 e. The van der Waals surface area contributed by atoms with Crippen LogP contribution in [0.25, 0.3) is 0 Å². The zero-order valence-corrected chi connectivity index (χ0v) is 9.29. The second-order valence-corrected chi connectivity index (χ2v) is 3.98. The number of hydrogen-bond acceptors (Lipinski definition) is 4. The molecule has 1 aromatic heterocycles. The highest BCUT2D eigenvalue weighted by Gasteiger charge is 2.00. The zero-order chi connectivity index (χ0) is 11.1. The van der Waals surface area contributed by atoms with Gasteiger partial charge in [0.05, 0.1) is 11.2 Å². The predicted octanol–water partition coefficient (Wildman–Crippen LogP) is 2.05. The molecular formula is C10H13NO3S. The molecule has 0 aliphatic carbocycles. The van der Waals surface area contributed by atoms with E-state index in [0.717, 1.165) is 17.2 Å². The minimum absolute atomic E-state index is 0.330. The highest BCUT2D eigenvalue weighted by molar-refractivity contribution is 7.99. The van der Waals surface area contributed by atoms with Crippen LogP contribution in [0.15, 0.2) is 23.4 Å². The van der Waals surface area contributed by atoms with E-state index in [1.54, 1.807) is 24.0 Å². The van der Waals surface area contributed by atoms with Crippen LogP contribution in [-0.4, -0.2) is 28.4 Å². The first kappa shape index (κ1) is 11.8. The van der Waals surface area contributed by atoms with E-state index in [2.05, 4.69) is 11.9 Å². The summed E-state index contributed by atoms with van der Waals surface area (Å²) < 4.78 is 4.96. The molecule has 0 spiro atoms. The summed E-state index contributed by atoms with van der Waals surface area (Å²) in [7, 11) is 0. The average molecular weight is 227 g/mol. The van der Waals surface area contributed by atoms with Crippen molar-refractivity contribution in [1.29, 1.82) is 0 Å². The Labute approximate surface area is 92.7 Å². The lowest BCUT2D eigenvalue weighted by Crippen LogP contribution is -2.09. The summed E-state index contributed by atoms with van der Waals surface area (Å²) >= 11 is 1.67. The highest BCUT2D eigenvalue weighted by atomic mass is 32.2. The molecule has 1 rings (SSSR count).